The molecule has 0 bridgehead atoms. The van der Waals surface area contributed by atoms with Crippen LogP contribution in [0.2, 0.25) is 0 Å². The van der Waals surface area contributed by atoms with Gasteiger partial charge >= 0.3 is 6.03 Å². The van der Waals surface area contributed by atoms with Crippen molar-refractivity contribution < 1.29 is 32.5 Å². The van der Waals surface area contributed by atoms with E-state index in [9.17, 15) is 27.6 Å². The van der Waals surface area contributed by atoms with Crippen LogP contribution in [-0.4, -0.2) is 44.0 Å². The van der Waals surface area contributed by atoms with Crippen LogP contribution in [0.15, 0.2) is 12.1 Å². The van der Waals surface area contributed by atoms with E-state index < -0.39 is 41.0 Å². The minimum atomic E-state index is -1.68. The van der Waals surface area contributed by atoms with E-state index in [1.54, 1.807) is 0 Å². The molecular weight excluding hydrogens is 377 g/mol. The molecule has 28 heavy (non-hydrogen) atoms. The van der Waals surface area contributed by atoms with Crippen LogP contribution < -0.4 is 20.9 Å². The van der Waals surface area contributed by atoms with Crippen LogP contribution in [0.3, 0.4) is 0 Å². The van der Waals surface area contributed by atoms with Gasteiger partial charge in [0.2, 0.25) is 0 Å². The van der Waals surface area contributed by atoms with Crippen molar-refractivity contribution in [2.45, 2.75) is 38.1 Å². The SMILES string of the molecule is C[NH+](CC(=O)NC(=O)NC1CCCCC1)CC(=O)Nc1ccc(F)c(F)c1F. The highest BCUT2D eigenvalue weighted by molar-refractivity contribution is 5.95. The Morgan fingerprint density at radius 1 is 1.00 bits per heavy atom. The second-order valence-corrected chi connectivity index (χ2v) is 6.94. The summed E-state index contributed by atoms with van der Waals surface area (Å²) in [6.45, 7) is -0.415. The Bertz CT molecular complexity index is 739. The number of benzene rings is 1. The monoisotopic (exact) mass is 401 g/mol. The van der Waals surface area contributed by atoms with Gasteiger partial charge < -0.3 is 15.5 Å². The van der Waals surface area contributed by atoms with Crippen LogP contribution in [0.1, 0.15) is 32.1 Å². The normalized spacial score (nSPS) is 15.6. The van der Waals surface area contributed by atoms with Gasteiger partial charge in [0, 0.05) is 6.04 Å². The second kappa shape index (κ2) is 10.1. The standard InChI is InChI=1S/C18H23F3N4O3/c1-25(9-14(26)23-13-8-7-12(19)16(20)17(13)21)10-15(27)24-18(28)22-11-5-3-2-4-6-11/h7-8,11H,2-6,9-10H2,1H3,(H,23,26)(H2,22,24,27,28)/p+1. The number of hydrogen-bond acceptors (Lipinski definition) is 3. The molecule has 154 valence electrons. The first-order valence-electron chi connectivity index (χ1n) is 9.11. The van der Waals surface area contributed by atoms with Gasteiger partial charge in [-0.3, -0.25) is 14.9 Å². The fourth-order valence-corrected chi connectivity index (χ4v) is 3.07. The van der Waals surface area contributed by atoms with Crippen LogP contribution in [0.25, 0.3) is 0 Å². The molecule has 1 fully saturated rings. The van der Waals surface area contributed by atoms with Crippen LogP contribution in [0, 0.1) is 17.5 Å². The van der Waals surface area contributed by atoms with Crippen molar-refractivity contribution in [2.24, 2.45) is 0 Å². The zero-order valence-electron chi connectivity index (χ0n) is 15.5. The van der Waals surface area contributed by atoms with E-state index in [0.29, 0.717) is 11.0 Å². The van der Waals surface area contributed by atoms with Crippen molar-refractivity contribution in [3.05, 3.63) is 29.6 Å². The summed E-state index contributed by atoms with van der Waals surface area (Å²) in [5.74, 6) is -5.80. The number of nitrogens with one attached hydrogen (secondary N) is 4. The number of quaternary nitrogens is 1. The second-order valence-electron chi connectivity index (χ2n) is 6.94. The Labute approximate surface area is 160 Å². The Kier molecular flexibility index (Phi) is 7.80. The molecule has 1 atom stereocenters. The minimum Gasteiger partial charge on any atom is -0.335 e. The molecule has 1 aromatic rings. The topological polar surface area (TPSA) is 91.7 Å². The third-order valence-corrected chi connectivity index (χ3v) is 4.43. The third-order valence-electron chi connectivity index (χ3n) is 4.43. The van der Waals surface area contributed by atoms with Gasteiger partial charge in [-0.2, -0.15) is 0 Å². The van der Waals surface area contributed by atoms with Gasteiger partial charge in [0.1, 0.15) is 0 Å². The highest BCUT2D eigenvalue weighted by Gasteiger charge is 2.21. The summed E-state index contributed by atoms with van der Waals surface area (Å²) in [6, 6.07) is 1.09. The fraction of sp³-hybridized carbons (Fsp3) is 0.500. The van der Waals surface area contributed by atoms with E-state index in [4.69, 9.17) is 0 Å². The lowest BCUT2D eigenvalue weighted by Gasteiger charge is -2.22. The van der Waals surface area contributed by atoms with Crippen molar-refractivity contribution >= 4 is 23.5 Å². The molecule has 7 nitrogen and oxygen atoms in total. The van der Waals surface area contributed by atoms with Gasteiger partial charge in [0.25, 0.3) is 11.8 Å². The van der Waals surface area contributed by atoms with Crippen molar-refractivity contribution in [2.75, 3.05) is 25.5 Å². The van der Waals surface area contributed by atoms with Crippen molar-refractivity contribution in [1.82, 2.24) is 10.6 Å². The lowest BCUT2D eigenvalue weighted by atomic mass is 9.96. The molecule has 2 rings (SSSR count). The van der Waals surface area contributed by atoms with Crippen LogP contribution in [0.4, 0.5) is 23.7 Å². The van der Waals surface area contributed by atoms with Gasteiger partial charge in [-0.1, -0.05) is 19.3 Å². The van der Waals surface area contributed by atoms with E-state index in [2.05, 4.69) is 16.0 Å². The zero-order valence-corrected chi connectivity index (χ0v) is 15.5. The lowest BCUT2D eigenvalue weighted by molar-refractivity contribution is -0.862. The smallest absolute Gasteiger partial charge is 0.321 e. The van der Waals surface area contributed by atoms with E-state index >= 15 is 0 Å². The summed E-state index contributed by atoms with van der Waals surface area (Å²) in [4.78, 5) is 36.1. The summed E-state index contributed by atoms with van der Waals surface area (Å²) >= 11 is 0. The number of rotatable bonds is 6. The van der Waals surface area contributed by atoms with E-state index in [-0.39, 0.29) is 19.1 Å². The van der Waals surface area contributed by atoms with Gasteiger partial charge in [0.05, 0.1) is 12.7 Å². The average molecular weight is 401 g/mol. The molecule has 0 saturated heterocycles. The van der Waals surface area contributed by atoms with Crippen LogP contribution >= 0.6 is 0 Å². The molecule has 4 amide bonds. The Balaban J connectivity index is 1.75. The van der Waals surface area contributed by atoms with E-state index in [0.717, 1.165) is 38.2 Å². The Morgan fingerprint density at radius 2 is 1.64 bits per heavy atom. The fourth-order valence-electron chi connectivity index (χ4n) is 3.07. The van der Waals surface area contributed by atoms with Gasteiger partial charge in [-0.15, -0.1) is 0 Å². The number of anilines is 1. The predicted molar refractivity (Wildman–Crippen MR) is 95.1 cm³/mol. The molecule has 1 aliphatic carbocycles. The number of carbonyl (C=O) groups excluding carboxylic acids is 3. The first kappa shape index (κ1) is 21.7. The number of likely N-dealkylation sites (N-methyl/N-ethyl adjacent to an activating group) is 1. The molecule has 0 spiro atoms. The number of imide groups is 1. The number of urea groups is 1. The zero-order chi connectivity index (χ0) is 20.7. The molecule has 0 aliphatic heterocycles. The highest BCUT2D eigenvalue weighted by atomic mass is 19.2. The van der Waals surface area contributed by atoms with E-state index in [1.807, 2.05) is 0 Å². The molecule has 1 unspecified atom stereocenters. The number of amides is 4. The summed E-state index contributed by atoms with van der Waals surface area (Å²) in [5.41, 5.74) is -0.493. The maximum atomic E-state index is 13.6. The summed E-state index contributed by atoms with van der Waals surface area (Å²) in [5, 5.41) is 7.08. The van der Waals surface area contributed by atoms with Crippen molar-refractivity contribution in [3.63, 3.8) is 0 Å². The molecule has 0 aromatic heterocycles. The molecule has 0 radical (unpaired) electrons. The molecule has 1 aromatic carbocycles. The first-order chi connectivity index (χ1) is 13.3. The highest BCUT2D eigenvalue weighted by Crippen LogP contribution is 2.19. The Hall–Kier alpha value is -2.62. The minimum absolute atomic E-state index is 0.0587. The molecule has 1 saturated carbocycles. The maximum absolute atomic E-state index is 13.6. The van der Waals surface area contributed by atoms with Crippen molar-refractivity contribution in [3.8, 4) is 0 Å². The van der Waals surface area contributed by atoms with Gasteiger partial charge in [-0.25, -0.2) is 18.0 Å². The first-order valence-corrected chi connectivity index (χ1v) is 9.11. The van der Waals surface area contributed by atoms with E-state index in [1.165, 1.54) is 7.05 Å². The Morgan fingerprint density at radius 3 is 2.32 bits per heavy atom. The predicted octanol–water partition coefficient (Wildman–Crippen LogP) is 0.716. The average Bonchev–Trinajstić information content (AvgIpc) is 2.62. The third kappa shape index (κ3) is 6.52. The summed E-state index contributed by atoms with van der Waals surface area (Å²) in [6.07, 6.45) is 4.99. The number of carbonyl (C=O) groups is 3. The summed E-state index contributed by atoms with van der Waals surface area (Å²) < 4.78 is 39.6. The van der Waals surface area contributed by atoms with Gasteiger partial charge in [-0.05, 0) is 25.0 Å². The molecule has 0 heterocycles. The maximum Gasteiger partial charge on any atom is 0.321 e. The quantitative estimate of drug-likeness (QED) is 0.530. The van der Waals surface area contributed by atoms with Crippen molar-refractivity contribution in [1.29, 1.82) is 0 Å². The largest absolute Gasteiger partial charge is 0.335 e. The lowest BCUT2D eigenvalue weighted by Crippen LogP contribution is -3.11. The van der Waals surface area contributed by atoms with Crippen LogP contribution in [0.5, 0.6) is 0 Å². The number of halogens is 3. The number of hydrogen-bond donors (Lipinski definition) is 4. The molecule has 1 aliphatic rings. The molecule has 10 heteroatoms. The van der Waals surface area contributed by atoms with Gasteiger partial charge in [0.15, 0.2) is 30.5 Å². The molecule has 4 N–H and O–H groups in total. The molecular formula is C18H24F3N4O3+. The summed E-state index contributed by atoms with van der Waals surface area (Å²) in [7, 11) is 1.53. The van der Waals surface area contributed by atoms with Crippen LogP contribution in [-0.2, 0) is 9.59 Å².